The first-order valence-corrected chi connectivity index (χ1v) is 6.21. The number of carbonyl (C=O) groups is 1. The van der Waals surface area contributed by atoms with Gasteiger partial charge in [0, 0.05) is 0 Å². The maximum Gasteiger partial charge on any atom is 0.308 e. The van der Waals surface area contributed by atoms with Crippen LogP contribution in [-0.2, 0) is 9.53 Å². The summed E-state index contributed by atoms with van der Waals surface area (Å²) in [6, 6.07) is 0. The van der Waals surface area contributed by atoms with Crippen molar-refractivity contribution in [2.75, 3.05) is 7.11 Å². The molecule has 0 radical (unpaired) electrons. The molecular weight excluding hydrogens is 188 g/mol. The number of carbonyl (C=O) groups excluding carboxylic acids is 1. The standard InChI is InChI=1S/C13H26O2/c1-5-6-7-8-9-10-12(11(2)3)13(14)15-4/h11-12H,5-10H2,1-4H3. The monoisotopic (exact) mass is 214 g/mol. The average molecular weight is 214 g/mol. The highest BCUT2D eigenvalue weighted by molar-refractivity contribution is 5.72. The Bertz CT molecular complexity index is 164. The van der Waals surface area contributed by atoms with E-state index in [4.69, 9.17) is 4.74 Å². The first-order chi connectivity index (χ1) is 7.13. The Morgan fingerprint density at radius 3 is 2.20 bits per heavy atom. The van der Waals surface area contributed by atoms with Gasteiger partial charge in [-0.25, -0.2) is 0 Å². The summed E-state index contributed by atoms with van der Waals surface area (Å²) in [6.45, 7) is 6.40. The SMILES string of the molecule is CCCCCCCC(C(=O)OC)C(C)C. The largest absolute Gasteiger partial charge is 0.469 e. The van der Waals surface area contributed by atoms with Crippen LogP contribution in [-0.4, -0.2) is 13.1 Å². The molecule has 0 aliphatic carbocycles. The van der Waals surface area contributed by atoms with Crippen molar-refractivity contribution < 1.29 is 9.53 Å². The van der Waals surface area contributed by atoms with Gasteiger partial charge in [0.2, 0.25) is 0 Å². The Hall–Kier alpha value is -0.530. The summed E-state index contributed by atoms with van der Waals surface area (Å²) in [7, 11) is 1.48. The molecule has 0 aromatic rings. The molecule has 0 saturated carbocycles. The first-order valence-electron chi connectivity index (χ1n) is 6.21. The molecule has 2 nitrogen and oxygen atoms in total. The van der Waals surface area contributed by atoms with Crippen molar-refractivity contribution in [2.45, 2.75) is 59.3 Å². The van der Waals surface area contributed by atoms with Crippen LogP contribution in [0.15, 0.2) is 0 Å². The average Bonchev–Trinajstić information content (AvgIpc) is 2.22. The number of unbranched alkanes of at least 4 members (excludes halogenated alkanes) is 4. The molecule has 90 valence electrons. The third kappa shape index (κ3) is 6.53. The van der Waals surface area contributed by atoms with E-state index in [9.17, 15) is 4.79 Å². The molecule has 0 amide bonds. The molecule has 0 rings (SSSR count). The molecule has 0 aliphatic rings. The molecule has 1 unspecified atom stereocenters. The van der Waals surface area contributed by atoms with E-state index >= 15 is 0 Å². The van der Waals surface area contributed by atoms with E-state index in [-0.39, 0.29) is 11.9 Å². The zero-order valence-corrected chi connectivity index (χ0v) is 10.7. The smallest absolute Gasteiger partial charge is 0.308 e. The van der Waals surface area contributed by atoms with Gasteiger partial charge in [-0.2, -0.15) is 0 Å². The van der Waals surface area contributed by atoms with E-state index in [2.05, 4.69) is 20.8 Å². The zero-order chi connectivity index (χ0) is 11.7. The van der Waals surface area contributed by atoms with Crippen LogP contribution in [0.2, 0.25) is 0 Å². The summed E-state index contributed by atoms with van der Waals surface area (Å²) >= 11 is 0. The zero-order valence-electron chi connectivity index (χ0n) is 10.7. The van der Waals surface area contributed by atoms with E-state index in [0.29, 0.717) is 5.92 Å². The first kappa shape index (κ1) is 14.5. The van der Waals surface area contributed by atoms with E-state index in [0.717, 1.165) is 12.8 Å². The minimum atomic E-state index is -0.0412. The van der Waals surface area contributed by atoms with Gasteiger partial charge in [0.25, 0.3) is 0 Å². The lowest BCUT2D eigenvalue weighted by Gasteiger charge is -2.17. The molecular formula is C13H26O2. The normalized spacial score (nSPS) is 12.9. The highest BCUT2D eigenvalue weighted by atomic mass is 16.5. The predicted octanol–water partition coefficient (Wildman–Crippen LogP) is 3.79. The number of hydrogen-bond acceptors (Lipinski definition) is 2. The molecule has 0 N–H and O–H groups in total. The maximum absolute atomic E-state index is 11.5. The Balaban J connectivity index is 3.72. The van der Waals surface area contributed by atoms with Gasteiger partial charge in [-0.05, 0) is 12.3 Å². The predicted molar refractivity (Wildman–Crippen MR) is 63.7 cm³/mol. The fourth-order valence-corrected chi connectivity index (χ4v) is 1.84. The molecule has 0 saturated heterocycles. The minimum Gasteiger partial charge on any atom is -0.469 e. The van der Waals surface area contributed by atoms with Crippen molar-refractivity contribution in [3.05, 3.63) is 0 Å². The van der Waals surface area contributed by atoms with Crippen molar-refractivity contribution in [3.8, 4) is 0 Å². The van der Waals surface area contributed by atoms with Crippen molar-refractivity contribution in [1.82, 2.24) is 0 Å². The highest BCUT2D eigenvalue weighted by Crippen LogP contribution is 2.20. The van der Waals surface area contributed by atoms with Gasteiger partial charge in [-0.1, -0.05) is 52.9 Å². The summed E-state index contributed by atoms with van der Waals surface area (Å²) < 4.78 is 4.81. The summed E-state index contributed by atoms with van der Waals surface area (Å²) in [5.41, 5.74) is 0. The molecule has 0 aliphatic heterocycles. The molecule has 15 heavy (non-hydrogen) atoms. The van der Waals surface area contributed by atoms with Crippen LogP contribution in [0.25, 0.3) is 0 Å². The van der Waals surface area contributed by atoms with Crippen LogP contribution in [0.4, 0.5) is 0 Å². The van der Waals surface area contributed by atoms with Gasteiger partial charge in [0.15, 0.2) is 0 Å². The Morgan fingerprint density at radius 2 is 1.73 bits per heavy atom. The van der Waals surface area contributed by atoms with E-state index in [1.54, 1.807) is 0 Å². The van der Waals surface area contributed by atoms with Gasteiger partial charge >= 0.3 is 5.97 Å². The highest BCUT2D eigenvalue weighted by Gasteiger charge is 2.21. The number of hydrogen-bond donors (Lipinski definition) is 0. The van der Waals surface area contributed by atoms with Crippen LogP contribution in [0, 0.1) is 11.8 Å². The second-order valence-electron chi connectivity index (χ2n) is 4.58. The van der Waals surface area contributed by atoms with Gasteiger partial charge in [-0.15, -0.1) is 0 Å². The summed E-state index contributed by atoms with van der Waals surface area (Å²) in [4.78, 5) is 11.5. The lowest BCUT2D eigenvalue weighted by Crippen LogP contribution is -2.21. The van der Waals surface area contributed by atoms with Crippen molar-refractivity contribution >= 4 is 5.97 Å². The fourth-order valence-electron chi connectivity index (χ4n) is 1.84. The fraction of sp³-hybridized carbons (Fsp3) is 0.923. The molecule has 0 heterocycles. The van der Waals surface area contributed by atoms with Gasteiger partial charge in [0.05, 0.1) is 13.0 Å². The van der Waals surface area contributed by atoms with Crippen molar-refractivity contribution in [3.63, 3.8) is 0 Å². The number of rotatable bonds is 8. The Labute approximate surface area is 94.4 Å². The number of esters is 1. The van der Waals surface area contributed by atoms with Crippen LogP contribution >= 0.6 is 0 Å². The lowest BCUT2D eigenvalue weighted by atomic mass is 9.90. The quantitative estimate of drug-likeness (QED) is 0.454. The maximum atomic E-state index is 11.5. The van der Waals surface area contributed by atoms with Crippen LogP contribution in [0.5, 0.6) is 0 Å². The molecule has 0 aromatic carbocycles. The molecule has 1 atom stereocenters. The van der Waals surface area contributed by atoms with E-state index < -0.39 is 0 Å². The number of methoxy groups -OCH3 is 1. The molecule has 0 spiro atoms. The Kier molecular flexibility index (Phi) is 8.44. The van der Waals surface area contributed by atoms with Gasteiger partial charge in [-0.3, -0.25) is 4.79 Å². The number of ether oxygens (including phenoxy) is 1. The van der Waals surface area contributed by atoms with Gasteiger partial charge in [0.1, 0.15) is 0 Å². The summed E-state index contributed by atoms with van der Waals surface area (Å²) in [5, 5.41) is 0. The minimum absolute atomic E-state index is 0.0412. The van der Waals surface area contributed by atoms with Crippen molar-refractivity contribution in [2.24, 2.45) is 11.8 Å². The Morgan fingerprint density at radius 1 is 1.13 bits per heavy atom. The summed E-state index contributed by atoms with van der Waals surface area (Å²) in [5.74, 6) is 0.445. The third-order valence-corrected chi connectivity index (χ3v) is 2.93. The van der Waals surface area contributed by atoms with Crippen LogP contribution < -0.4 is 0 Å². The van der Waals surface area contributed by atoms with E-state index in [1.165, 1.54) is 32.8 Å². The molecule has 0 aromatic heterocycles. The van der Waals surface area contributed by atoms with Crippen molar-refractivity contribution in [1.29, 1.82) is 0 Å². The lowest BCUT2D eigenvalue weighted by molar-refractivity contribution is -0.147. The summed E-state index contributed by atoms with van der Waals surface area (Å²) in [6.07, 6.45) is 7.25. The molecule has 0 bridgehead atoms. The topological polar surface area (TPSA) is 26.3 Å². The molecule has 0 fully saturated rings. The van der Waals surface area contributed by atoms with Crippen LogP contribution in [0.3, 0.4) is 0 Å². The molecule has 2 heteroatoms. The second kappa shape index (κ2) is 8.75. The van der Waals surface area contributed by atoms with E-state index in [1.807, 2.05) is 0 Å². The van der Waals surface area contributed by atoms with Gasteiger partial charge < -0.3 is 4.74 Å². The van der Waals surface area contributed by atoms with Crippen LogP contribution in [0.1, 0.15) is 59.3 Å². The third-order valence-electron chi connectivity index (χ3n) is 2.93. The second-order valence-corrected chi connectivity index (χ2v) is 4.58.